The van der Waals surface area contributed by atoms with Crippen molar-refractivity contribution in [3.63, 3.8) is 0 Å². The number of aromatic carboxylic acids is 1. The van der Waals surface area contributed by atoms with Crippen molar-refractivity contribution < 1.29 is 19.5 Å². The summed E-state index contributed by atoms with van der Waals surface area (Å²) >= 11 is 0. The molecule has 0 radical (unpaired) electrons. The Morgan fingerprint density at radius 1 is 1.61 bits per heavy atom. The second kappa shape index (κ2) is 5.97. The number of aliphatic hydroxyl groups is 1. The largest absolute Gasteiger partial charge is 0.476 e. The lowest BCUT2D eigenvalue weighted by Crippen LogP contribution is -2.28. The number of carbonyl (C=O) groups is 1. The van der Waals surface area contributed by atoms with Gasteiger partial charge in [0, 0.05) is 18.7 Å². The molecule has 1 fully saturated rings. The molecule has 1 aromatic heterocycles. The van der Waals surface area contributed by atoms with E-state index in [0.29, 0.717) is 18.3 Å². The van der Waals surface area contributed by atoms with Crippen LogP contribution in [0, 0.1) is 0 Å². The third kappa shape index (κ3) is 3.08. The first-order valence-corrected chi connectivity index (χ1v) is 6.24. The molecule has 2 rings (SSSR count). The lowest BCUT2D eigenvalue weighted by molar-refractivity contribution is 0.0685. The lowest BCUT2D eigenvalue weighted by Gasteiger charge is -2.22. The van der Waals surface area contributed by atoms with E-state index in [1.165, 1.54) is 6.07 Å². The third-order valence-corrected chi connectivity index (χ3v) is 3.33. The normalized spacial score (nSPS) is 20.4. The standard InChI is InChI=1S/C12H18N2O4/c15-6-2-4-9-3-1-5-14(9)8-10-7-11(12(16)17)13-18-10/h7,9,15H,1-6,8H2,(H,16,17). The molecule has 6 nitrogen and oxygen atoms in total. The summed E-state index contributed by atoms with van der Waals surface area (Å²) in [7, 11) is 0. The molecule has 1 unspecified atom stereocenters. The van der Waals surface area contributed by atoms with E-state index in [1.54, 1.807) is 0 Å². The zero-order chi connectivity index (χ0) is 13.0. The second-order valence-electron chi connectivity index (χ2n) is 4.62. The number of likely N-dealkylation sites (tertiary alicyclic amines) is 1. The average Bonchev–Trinajstić information content (AvgIpc) is 2.96. The van der Waals surface area contributed by atoms with E-state index >= 15 is 0 Å². The molecule has 0 aromatic carbocycles. The Morgan fingerprint density at radius 2 is 2.44 bits per heavy atom. The first-order valence-electron chi connectivity index (χ1n) is 6.24. The van der Waals surface area contributed by atoms with Crippen LogP contribution in [0.5, 0.6) is 0 Å². The van der Waals surface area contributed by atoms with Gasteiger partial charge in [0.25, 0.3) is 0 Å². The quantitative estimate of drug-likeness (QED) is 0.790. The maximum absolute atomic E-state index is 10.7. The molecule has 0 aliphatic carbocycles. The topological polar surface area (TPSA) is 86.8 Å². The Bertz CT molecular complexity index is 405. The zero-order valence-corrected chi connectivity index (χ0v) is 10.2. The van der Waals surface area contributed by atoms with Crippen LogP contribution < -0.4 is 0 Å². The van der Waals surface area contributed by atoms with Crippen molar-refractivity contribution in [3.8, 4) is 0 Å². The number of carboxylic acids is 1. The van der Waals surface area contributed by atoms with E-state index in [-0.39, 0.29) is 12.3 Å². The van der Waals surface area contributed by atoms with E-state index in [9.17, 15) is 4.79 Å². The Labute approximate surface area is 105 Å². The van der Waals surface area contributed by atoms with Crippen LogP contribution in [0.2, 0.25) is 0 Å². The summed E-state index contributed by atoms with van der Waals surface area (Å²) in [6.07, 6.45) is 4.03. The molecular formula is C12H18N2O4. The van der Waals surface area contributed by atoms with Gasteiger partial charge in [-0.3, -0.25) is 4.90 Å². The molecule has 1 aromatic rings. The highest BCUT2D eigenvalue weighted by atomic mass is 16.5. The van der Waals surface area contributed by atoms with Gasteiger partial charge in [-0.05, 0) is 32.2 Å². The number of hydrogen-bond acceptors (Lipinski definition) is 5. The summed E-state index contributed by atoms with van der Waals surface area (Å²) in [5.41, 5.74) is -0.0453. The van der Waals surface area contributed by atoms with Crippen LogP contribution in [-0.4, -0.2) is 45.4 Å². The van der Waals surface area contributed by atoms with E-state index < -0.39 is 5.97 Å². The summed E-state index contributed by atoms with van der Waals surface area (Å²) in [6.45, 7) is 1.80. The maximum Gasteiger partial charge on any atom is 0.358 e. The average molecular weight is 254 g/mol. The van der Waals surface area contributed by atoms with Gasteiger partial charge in [0.2, 0.25) is 0 Å². The minimum Gasteiger partial charge on any atom is -0.476 e. The van der Waals surface area contributed by atoms with Crippen LogP contribution in [0.4, 0.5) is 0 Å². The molecular weight excluding hydrogens is 236 g/mol. The smallest absolute Gasteiger partial charge is 0.358 e. The Kier molecular flexibility index (Phi) is 4.33. The van der Waals surface area contributed by atoms with Gasteiger partial charge in [0.1, 0.15) is 0 Å². The highest BCUT2D eigenvalue weighted by molar-refractivity contribution is 5.85. The summed E-state index contributed by atoms with van der Waals surface area (Å²) < 4.78 is 5.02. The lowest BCUT2D eigenvalue weighted by atomic mass is 10.1. The van der Waals surface area contributed by atoms with Crippen LogP contribution in [0.25, 0.3) is 0 Å². The molecule has 6 heteroatoms. The van der Waals surface area contributed by atoms with E-state index in [0.717, 1.165) is 32.2 Å². The summed E-state index contributed by atoms with van der Waals surface area (Å²) in [5.74, 6) is -0.480. The van der Waals surface area contributed by atoms with E-state index in [4.69, 9.17) is 14.7 Å². The Hall–Kier alpha value is -1.40. The fourth-order valence-corrected chi connectivity index (χ4v) is 2.45. The molecule has 1 saturated heterocycles. The van der Waals surface area contributed by atoms with Gasteiger partial charge in [-0.2, -0.15) is 0 Å². The highest BCUT2D eigenvalue weighted by Gasteiger charge is 2.25. The first kappa shape index (κ1) is 13.0. The molecule has 0 amide bonds. The molecule has 100 valence electrons. The van der Waals surface area contributed by atoms with Crippen LogP contribution in [0.3, 0.4) is 0 Å². The van der Waals surface area contributed by atoms with Crippen LogP contribution in [0.15, 0.2) is 10.6 Å². The van der Waals surface area contributed by atoms with Gasteiger partial charge in [0.15, 0.2) is 11.5 Å². The van der Waals surface area contributed by atoms with Crippen molar-refractivity contribution in [2.24, 2.45) is 0 Å². The van der Waals surface area contributed by atoms with Gasteiger partial charge in [-0.1, -0.05) is 5.16 Å². The number of nitrogens with zero attached hydrogens (tertiary/aromatic N) is 2. The molecule has 2 heterocycles. The predicted molar refractivity (Wildman–Crippen MR) is 63.2 cm³/mol. The van der Waals surface area contributed by atoms with Crippen molar-refractivity contribution in [2.45, 2.75) is 38.3 Å². The van der Waals surface area contributed by atoms with Crippen molar-refractivity contribution in [2.75, 3.05) is 13.2 Å². The molecule has 18 heavy (non-hydrogen) atoms. The van der Waals surface area contributed by atoms with Gasteiger partial charge in [-0.25, -0.2) is 4.79 Å². The Morgan fingerprint density at radius 3 is 3.11 bits per heavy atom. The fourth-order valence-electron chi connectivity index (χ4n) is 2.45. The molecule has 0 spiro atoms. The van der Waals surface area contributed by atoms with Crippen molar-refractivity contribution in [3.05, 3.63) is 17.5 Å². The summed E-state index contributed by atoms with van der Waals surface area (Å²) in [5, 5.41) is 21.1. The minimum absolute atomic E-state index is 0.0453. The number of rotatable bonds is 6. The number of aromatic nitrogens is 1. The fraction of sp³-hybridized carbons (Fsp3) is 0.667. The zero-order valence-electron chi connectivity index (χ0n) is 10.2. The Balaban J connectivity index is 1.92. The first-order chi connectivity index (χ1) is 8.70. The highest BCUT2D eigenvalue weighted by Crippen LogP contribution is 2.23. The van der Waals surface area contributed by atoms with Crippen LogP contribution >= 0.6 is 0 Å². The minimum atomic E-state index is -1.07. The van der Waals surface area contributed by atoms with Gasteiger partial charge < -0.3 is 14.7 Å². The van der Waals surface area contributed by atoms with Crippen molar-refractivity contribution in [1.29, 1.82) is 0 Å². The number of aliphatic hydroxyl groups excluding tert-OH is 1. The predicted octanol–water partition coefficient (Wildman–Crippen LogP) is 1.11. The van der Waals surface area contributed by atoms with Crippen molar-refractivity contribution in [1.82, 2.24) is 10.1 Å². The molecule has 1 atom stereocenters. The third-order valence-electron chi connectivity index (χ3n) is 3.33. The summed E-state index contributed by atoms with van der Waals surface area (Å²) in [6, 6.07) is 1.93. The second-order valence-corrected chi connectivity index (χ2v) is 4.62. The molecule has 1 aliphatic heterocycles. The van der Waals surface area contributed by atoms with Gasteiger partial charge >= 0.3 is 5.97 Å². The molecule has 0 saturated carbocycles. The molecule has 2 N–H and O–H groups in total. The molecule has 0 bridgehead atoms. The van der Waals surface area contributed by atoms with E-state index in [2.05, 4.69) is 10.1 Å². The summed E-state index contributed by atoms with van der Waals surface area (Å²) in [4.78, 5) is 13.0. The van der Waals surface area contributed by atoms with Gasteiger partial charge in [-0.15, -0.1) is 0 Å². The maximum atomic E-state index is 10.7. The number of carboxylic acid groups (broad SMARTS) is 1. The molecule has 1 aliphatic rings. The van der Waals surface area contributed by atoms with Crippen LogP contribution in [0.1, 0.15) is 41.9 Å². The SMILES string of the molecule is O=C(O)c1cc(CN2CCCC2CCCO)on1. The van der Waals surface area contributed by atoms with Crippen LogP contribution in [-0.2, 0) is 6.54 Å². The van der Waals surface area contributed by atoms with Gasteiger partial charge in [0.05, 0.1) is 6.54 Å². The number of hydrogen-bond donors (Lipinski definition) is 2. The monoisotopic (exact) mass is 254 g/mol. The van der Waals surface area contributed by atoms with E-state index in [1.807, 2.05) is 0 Å². The van der Waals surface area contributed by atoms with Crippen molar-refractivity contribution >= 4 is 5.97 Å².